The highest BCUT2D eigenvalue weighted by atomic mass is 16.3. The molecule has 1 aliphatic carbocycles. The van der Waals surface area contributed by atoms with Gasteiger partial charge in [-0.25, -0.2) is 0 Å². The topological polar surface area (TPSA) is 61.4 Å². The molecule has 0 bridgehead atoms. The van der Waals surface area contributed by atoms with Gasteiger partial charge >= 0.3 is 0 Å². The molecule has 1 amide bonds. The fourth-order valence-electron chi connectivity index (χ4n) is 2.91. The van der Waals surface area contributed by atoms with Gasteiger partial charge in [0.05, 0.1) is 18.2 Å². The monoisotopic (exact) mass is 260 g/mol. The van der Waals surface area contributed by atoms with E-state index in [2.05, 4.69) is 22.8 Å². The summed E-state index contributed by atoms with van der Waals surface area (Å²) in [5.74, 6) is 0.0169. The molecule has 1 atom stereocenters. The molecule has 0 spiro atoms. The van der Waals surface area contributed by atoms with Crippen LogP contribution in [0.2, 0.25) is 0 Å². The van der Waals surface area contributed by atoms with E-state index >= 15 is 0 Å². The molecule has 1 aromatic carbocycles. The summed E-state index contributed by atoms with van der Waals surface area (Å²) in [6.45, 7) is 0.780. The zero-order valence-corrected chi connectivity index (χ0v) is 11.0. The van der Waals surface area contributed by atoms with E-state index in [1.807, 2.05) is 12.1 Å². The Morgan fingerprint density at radius 2 is 2.11 bits per heavy atom. The number of aliphatic hydroxyl groups excluding tert-OH is 1. The van der Waals surface area contributed by atoms with Crippen LogP contribution in [0.1, 0.15) is 30.4 Å². The van der Waals surface area contributed by atoms with Crippen molar-refractivity contribution in [1.82, 2.24) is 10.6 Å². The quantitative estimate of drug-likeness (QED) is 0.751. The zero-order chi connectivity index (χ0) is 13.3. The van der Waals surface area contributed by atoms with Crippen LogP contribution in [0, 0.1) is 0 Å². The normalized spacial score (nSPS) is 24.2. The first-order valence-electron chi connectivity index (χ1n) is 6.95. The maximum atomic E-state index is 12.3. The van der Waals surface area contributed by atoms with Gasteiger partial charge in [-0.1, -0.05) is 24.3 Å². The van der Waals surface area contributed by atoms with Crippen molar-refractivity contribution in [2.75, 3.05) is 6.61 Å². The molecule has 1 heterocycles. The number of rotatable bonds is 3. The van der Waals surface area contributed by atoms with Crippen LogP contribution in [0.25, 0.3) is 0 Å². The number of nitrogens with one attached hydrogen (secondary N) is 2. The van der Waals surface area contributed by atoms with Crippen molar-refractivity contribution in [2.45, 2.75) is 43.8 Å². The second-order valence-electron chi connectivity index (χ2n) is 5.69. The molecular formula is C15H20N2O2. The van der Waals surface area contributed by atoms with Gasteiger partial charge in [0, 0.05) is 6.54 Å². The van der Waals surface area contributed by atoms with Gasteiger partial charge in [0.25, 0.3) is 0 Å². The summed E-state index contributed by atoms with van der Waals surface area (Å²) >= 11 is 0. The second-order valence-corrected chi connectivity index (χ2v) is 5.69. The largest absolute Gasteiger partial charge is 0.394 e. The van der Waals surface area contributed by atoms with Gasteiger partial charge in [0.2, 0.25) is 5.91 Å². The number of hydrogen-bond acceptors (Lipinski definition) is 3. The molecule has 4 nitrogen and oxygen atoms in total. The summed E-state index contributed by atoms with van der Waals surface area (Å²) in [6, 6.07) is 8.04. The van der Waals surface area contributed by atoms with E-state index in [0.717, 1.165) is 32.2 Å². The Morgan fingerprint density at radius 1 is 1.37 bits per heavy atom. The summed E-state index contributed by atoms with van der Waals surface area (Å²) in [6.07, 6.45) is 3.59. The second kappa shape index (κ2) is 4.94. The molecule has 1 aliphatic heterocycles. The molecule has 1 fully saturated rings. The number of aliphatic hydroxyl groups is 1. The highest BCUT2D eigenvalue weighted by Crippen LogP contribution is 2.31. The molecule has 0 aromatic heterocycles. The van der Waals surface area contributed by atoms with Crippen LogP contribution in [0.5, 0.6) is 0 Å². The predicted molar refractivity (Wildman–Crippen MR) is 72.6 cm³/mol. The number of amides is 1. The SMILES string of the molecule is O=C(NC1(CO)CCC1)C1Cc2ccccc2CN1. The van der Waals surface area contributed by atoms with Crippen LogP contribution >= 0.6 is 0 Å². The maximum Gasteiger partial charge on any atom is 0.237 e. The van der Waals surface area contributed by atoms with E-state index in [4.69, 9.17) is 0 Å². The maximum absolute atomic E-state index is 12.3. The van der Waals surface area contributed by atoms with Crippen molar-refractivity contribution in [2.24, 2.45) is 0 Å². The van der Waals surface area contributed by atoms with Crippen LogP contribution in [-0.4, -0.2) is 29.2 Å². The molecule has 0 radical (unpaired) electrons. The Labute approximate surface area is 113 Å². The molecule has 4 heteroatoms. The molecule has 2 aliphatic rings. The minimum absolute atomic E-state index is 0.0169. The van der Waals surface area contributed by atoms with Crippen molar-refractivity contribution in [1.29, 1.82) is 0 Å². The lowest BCUT2D eigenvalue weighted by molar-refractivity contribution is -0.127. The molecular weight excluding hydrogens is 240 g/mol. The van der Waals surface area contributed by atoms with E-state index in [1.54, 1.807) is 0 Å². The molecule has 3 rings (SSSR count). The van der Waals surface area contributed by atoms with Crippen molar-refractivity contribution in [3.8, 4) is 0 Å². The Balaban J connectivity index is 1.66. The number of carbonyl (C=O) groups excluding carboxylic acids is 1. The first-order chi connectivity index (χ1) is 9.22. The smallest absolute Gasteiger partial charge is 0.237 e. The van der Waals surface area contributed by atoms with Crippen molar-refractivity contribution in [3.63, 3.8) is 0 Å². The number of carbonyl (C=O) groups is 1. The molecule has 1 unspecified atom stereocenters. The zero-order valence-electron chi connectivity index (χ0n) is 11.0. The molecule has 19 heavy (non-hydrogen) atoms. The average molecular weight is 260 g/mol. The third kappa shape index (κ3) is 2.38. The van der Waals surface area contributed by atoms with Gasteiger partial charge in [-0.3, -0.25) is 4.79 Å². The van der Waals surface area contributed by atoms with Gasteiger partial charge in [-0.2, -0.15) is 0 Å². The molecule has 0 saturated heterocycles. The molecule has 1 saturated carbocycles. The Hall–Kier alpha value is -1.39. The molecule has 3 N–H and O–H groups in total. The number of fused-ring (bicyclic) bond motifs is 1. The van der Waals surface area contributed by atoms with Gasteiger partial charge < -0.3 is 15.7 Å². The van der Waals surface area contributed by atoms with E-state index in [-0.39, 0.29) is 24.1 Å². The molecule has 1 aromatic rings. The van der Waals surface area contributed by atoms with Crippen molar-refractivity contribution < 1.29 is 9.90 Å². The van der Waals surface area contributed by atoms with Gasteiger partial charge in [0.1, 0.15) is 0 Å². The fraction of sp³-hybridized carbons (Fsp3) is 0.533. The lowest BCUT2D eigenvalue weighted by Gasteiger charge is -2.42. The summed E-state index contributed by atoms with van der Waals surface area (Å²) in [7, 11) is 0. The minimum Gasteiger partial charge on any atom is -0.394 e. The van der Waals surface area contributed by atoms with E-state index in [9.17, 15) is 9.90 Å². The minimum atomic E-state index is -0.351. The Kier molecular flexibility index (Phi) is 3.29. The summed E-state index contributed by atoms with van der Waals surface area (Å²) in [4.78, 5) is 12.3. The average Bonchev–Trinajstić information content (AvgIpc) is 2.42. The summed E-state index contributed by atoms with van der Waals surface area (Å²) in [5, 5.41) is 15.7. The highest BCUT2D eigenvalue weighted by Gasteiger charge is 2.39. The third-order valence-corrected chi connectivity index (χ3v) is 4.40. The summed E-state index contributed by atoms with van der Waals surface area (Å²) in [5.41, 5.74) is 2.16. The van der Waals surface area contributed by atoms with Crippen LogP contribution in [-0.2, 0) is 17.8 Å². The van der Waals surface area contributed by atoms with Crippen LogP contribution in [0.4, 0.5) is 0 Å². The lowest BCUT2D eigenvalue weighted by Crippen LogP contribution is -2.60. The standard InChI is InChI=1S/C15H20N2O2/c18-10-15(6-3-7-15)17-14(19)13-8-11-4-1-2-5-12(11)9-16-13/h1-2,4-5,13,16,18H,3,6-10H2,(H,17,19). The van der Waals surface area contributed by atoms with Crippen molar-refractivity contribution >= 4 is 5.91 Å². The van der Waals surface area contributed by atoms with E-state index in [0.29, 0.717) is 0 Å². The predicted octanol–water partition coefficient (Wildman–Crippen LogP) is 0.732. The fourth-order valence-corrected chi connectivity index (χ4v) is 2.91. The lowest BCUT2D eigenvalue weighted by atomic mass is 9.77. The number of hydrogen-bond donors (Lipinski definition) is 3. The van der Waals surface area contributed by atoms with E-state index < -0.39 is 0 Å². The first kappa shape index (κ1) is 12.6. The van der Waals surface area contributed by atoms with E-state index in [1.165, 1.54) is 11.1 Å². The number of benzene rings is 1. The van der Waals surface area contributed by atoms with Crippen LogP contribution in [0.15, 0.2) is 24.3 Å². The molecule has 102 valence electrons. The van der Waals surface area contributed by atoms with Gasteiger partial charge in [0.15, 0.2) is 0 Å². The van der Waals surface area contributed by atoms with Crippen LogP contribution < -0.4 is 10.6 Å². The summed E-state index contributed by atoms with van der Waals surface area (Å²) < 4.78 is 0. The Morgan fingerprint density at radius 3 is 2.74 bits per heavy atom. The van der Waals surface area contributed by atoms with Gasteiger partial charge in [-0.05, 0) is 36.8 Å². The first-order valence-corrected chi connectivity index (χ1v) is 6.95. The highest BCUT2D eigenvalue weighted by molar-refractivity contribution is 5.83. The van der Waals surface area contributed by atoms with Crippen LogP contribution in [0.3, 0.4) is 0 Å². The van der Waals surface area contributed by atoms with Crippen molar-refractivity contribution in [3.05, 3.63) is 35.4 Å². The third-order valence-electron chi connectivity index (χ3n) is 4.40. The Bertz CT molecular complexity index is 477. The van der Waals surface area contributed by atoms with Gasteiger partial charge in [-0.15, -0.1) is 0 Å².